The van der Waals surface area contributed by atoms with Crippen LogP contribution in [0.4, 0.5) is 0 Å². The SMILES string of the molecule is C=COC(=O)C1(C)COC(C(C)(C)C)OC1. The van der Waals surface area contributed by atoms with Gasteiger partial charge in [0, 0.05) is 5.41 Å². The maximum absolute atomic E-state index is 11.6. The fraction of sp³-hybridized carbons (Fsp3) is 0.750. The topological polar surface area (TPSA) is 44.8 Å². The Morgan fingerprint density at radius 2 is 1.94 bits per heavy atom. The Balaban J connectivity index is 2.59. The van der Waals surface area contributed by atoms with Crippen LogP contribution in [0.3, 0.4) is 0 Å². The first kappa shape index (κ1) is 13.2. The van der Waals surface area contributed by atoms with Gasteiger partial charge in [0.2, 0.25) is 0 Å². The molecule has 0 aromatic heterocycles. The Morgan fingerprint density at radius 1 is 1.44 bits per heavy atom. The average molecular weight is 228 g/mol. The lowest BCUT2D eigenvalue weighted by atomic mass is 9.90. The van der Waals surface area contributed by atoms with E-state index in [1.165, 1.54) is 0 Å². The summed E-state index contributed by atoms with van der Waals surface area (Å²) >= 11 is 0. The highest BCUT2D eigenvalue weighted by Crippen LogP contribution is 2.32. The molecule has 4 nitrogen and oxygen atoms in total. The summed E-state index contributed by atoms with van der Waals surface area (Å²) in [5.41, 5.74) is -0.834. The summed E-state index contributed by atoms with van der Waals surface area (Å²) in [4.78, 5) is 11.6. The molecule has 0 aromatic carbocycles. The zero-order valence-corrected chi connectivity index (χ0v) is 10.4. The van der Waals surface area contributed by atoms with E-state index >= 15 is 0 Å². The number of hydrogen-bond donors (Lipinski definition) is 0. The summed E-state index contributed by atoms with van der Waals surface area (Å²) in [6.45, 7) is 11.8. The molecule has 0 radical (unpaired) electrons. The van der Waals surface area contributed by atoms with E-state index in [2.05, 4.69) is 6.58 Å². The third-order valence-corrected chi connectivity index (χ3v) is 2.50. The summed E-state index contributed by atoms with van der Waals surface area (Å²) < 4.78 is 15.9. The zero-order valence-electron chi connectivity index (χ0n) is 10.4. The van der Waals surface area contributed by atoms with Gasteiger partial charge in [0.15, 0.2) is 6.29 Å². The smallest absolute Gasteiger partial charge is 0.321 e. The maximum Gasteiger partial charge on any atom is 0.321 e. The number of esters is 1. The molecule has 0 N–H and O–H groups in total. The predicted molar refractivity (Wildman–Crippen MR) is 59.5 cm³/mol. The van der Waals surface area contributed by atoms with Gasteiger partial charge in [-0.3, -0.25) is 4.79 Å². The molecular weight excluding hydrogens is 208 g/mol. The lowest BCUT2D eigenvalue weighted by Gasteiger charge is -2.40. The van der Waals surface area contributed by atoms with Gasteiger partial charge in [-0.2, -0.15) is 0 Å². The van der Waals surface area contributed by atoms with Gasteiger partial charge >= 0.3 is 5.97 Å². The molecule has 1 heterocycles. The minimum atomic E-state index is -0.740. The largest absolute Gasteiger partial charge is 0.435 e. The zero-order chi connectivity index (χ0) is 12.4. The van der Waals surface area contributed by atoms with E-state index in [-0.39, 0.29) is 17.7 Å². The number of carbonyl (C=O) groups is 1. The highest BCUT2D eigenvalue weighted by atomic mass is 16.7. The standard InChI is InChI=1S/C12H20O4/c1-6-14-9(13)12(5)7-15-10(16-8-12)11(2,3)4/h6,10H,1,7-8H2,2-5H3. The van der Waals surface area contributed by atoms with Crippen LogP contribution in [-0.2, 0) is 19.0 Å². The van der Waals surface area contributed by atoms with Crippen molar-refractivity contribution >= 4 is 5.97 Å². The van der Waals surface area contributed by atoms with Gasteiger partial charge in [-0.25, -0.2) is 0 Å². The normalized spacial score (nSPS) is 30.9. The minimum absolute atomic E-state index is 0.0936. The predicted octanol–water partition coefficient (Wildman–Crippen LogP) is 2.10. The molecule has 0 bridgehead atoms. The van der Waals surface area contributed by atoms with Crippen LogP contribution < -0.4 is 0 Å². The molecule has 0 aromatic rings. The van der Waals surface area contributed by atoms with Gasteiger partial charge in [-0.1, -0.05) is 27.4 Å². The fourth-order valence-corrected chi connectivity index (χ4v) is 1.44. The van der Waals surface area contributed by atoms with Gasteiger partial charge < -0.3 is 14.2 Å². The monoisotopic (exact) mass is 228 g/mol. The van der Waals surface area contributed by atoms with Crippen molar-refractivity contribution in [1.29, 1.82) is 0 Å². The van der Waals surface area contributed by atoms with E-state index in [1.54, 1.807) is 6.92 Å². The van der Waals surface area contributed by atoms with Gasteiger partial charge in [-0.05, 0) is 6.92 Å². The lowest BCUT2D eigenvalue weighted by molar-refractivity contribution is -0.262. The molecule has 0 saturated carbocycles. The second-order valence-electron chi connectivity index (χ2n) is 5.45. The lowest BCUT2D eigenvalue weighted by Crippen LogP contribution is -2.49. The Labute approximate surface area is 96.6 Å². The first-order valence-corrected chi connectivity index (χ1v) is 5.35. The molecule has 1 aliphatic heterocycles. The number of carbonyl (C=O) groups excluding carboxylic acids is 1. The van der Waals surface area contributed by atoms with Crippen molar-refractivity contribution in [1.82, 2.24) is 0 Å². The molecule has 4 heteroatoms. The van der Waals surface area contributed by atoms with E-state index in [0.717, 1.165) is 6.26 Å². The number of hydrogen-bond acceptors (Lipinski definition) is 4. The van der Waals surface area contributed by atoms with Crippen LogP contribution >= 0.6 is 0 Å². The van der Waals surface area contributed by atoms with Crippen molar-refractivity contribution in [2.45, 2.75) is 34.0 Å². The maximum atomic E-state index is 11.6. The van der Waals surface area contributed by atoms with Crippen molar-refractivity contribution in [3.8, 4) is 0 Å². The van der Waals surface area contributed by atoms with Crippen LogP contribution in [0.15, 0.2) is 12.8 Å². The van der Waals surface area contributed by atoms with Crippen molar-refractivity contribution in [3.05, 3.63) is 12.8 Å². The summed E-state index contributed by atoms with van der Waals surface area (Å²) in [6, 6.07) is 0. The summed E-state index contributed by atoms with van der Waals surface area (Å²) in [5.74, 6) is -0.366. The number of ether oxygens (including phenoxy) is 3. The van der Waals surface area contributed by atoms with Crippen LogP contribution in [0.5, 0.6) is 0 Å². The highest BCUT2D eigenvalue weighted by molar-refractivity contribution is 5.77. The van der Waals surface area contributed by atoms with Crippen LogP contribution in [0.1, 0.15) is 27.7 Å². The first-order chi connectivity index (χ1) is 7.29. The van der Waals surface area contributed by atoms with E-state index < -0.39 is 5.41 Å². The van der Waals surface area contributed by atoms with E-state index in [4.69, 9.17) is 14.2 Å². The van der Waals surface area contributed by atoms with Gasteiger partial charge in [0.25, 0.3) is 0 Å². The van der Waals surface area contributed by atoms with Gasteiger partial charge in [0.1, 0.15) is 5.41 Å². The van der Waals surface area contributed by atoms with Crippen LogP contribution in [-0.4, -0.2) is 25.5 Å². The van der Waals surface area contributed by atoms with Crippen molar-refractivity contribution in [3.63, 3.8) is 0 Å². The molecule has 0 atom stereocenters. The Kier molecular flexibility index (Phi) is 3.76. The summed E-state index contributed by atoms with van der Waals surface area (Å²) in [7, 11) is 0. The Morgan fingerprint density at radius 3 is 2.31 bits per heavy atom. The fourth-order valence-electron chi connectivity index (χ4n) is 1.44. The highest BCUT2D eigenvalue weighted by Gasteiger charge is 2.43. The second-order valence-corrected chi connectivity index (χ2v) is 5.45. The average Bonchev–Trinajstić information content (AvgIpc) is 2.17. The number of rotatable bonds is 2. The molecule has 92 valence electrons. The molecule has 1 saturated heterocycles. The molecular formula is C12H20O4. The molecule has 0 spiro atoms. The molecule has 16 heavy (non-hydrogen) atoms. The Bertz CT molecular complexity index is 269. The first-order valence-electron chi connectivity index (χ1n) is 5.35. The third-order valence-electron chi connectivity index (χ3n) is 2.50. The summed E-state index contributed by atoms with van der Waals surface area (Å²) in [6.07, 6.45) is 0.848. The Hall–Kier alpha value is -0.870. The van der Waals surface area contributed by atoms with E-state index in [1.807, 2.05) is 20.8 Å². The van der Waals surface area contributed by atoms with Crippen molar-refractivity contribution < 1.29 is 19.0 Å². The summed E-state index contributed by atoms with van der Waals surface area (Å²) in [5, 5.41) is 0. The molecule has 0 aliphatic carbocycles. The van der Waals surface area contributed by atoms with Crippen LogP contribution in [0, 0.1) is 10.8 Å². The van der Waals surface area contributed by atoms with Crippen LogP contribution in [0.2, 0.25) is 0 Å². The van der Waals surface area contributed by atoms with Gasteiger partial charge in [0.05, 0.1) is 19.5 Å². The third kappa shape index (κ3) is 2.83. The molecule has 1 aliphatic rings. The molecule has 1 rings (SSSR count). The molecule has 0 amide bonds. The molecule has 0 unspecified atom stereocenters. The van der Waals surface area contributed by atoms with Crippen molar-refractivity contribution in [2.24, 2.45) is 10.8 Å². The quantitative estimate of drug-likeness (QED) is 0.536. The van der Waals surface area contributed by atoms with Crippen LogP contribution in [0.25, 0.3) is 0 Å². The minimum Gasteiger partial charge on any atom is -0.435 e. The van der Waals surface area contributed by atoms with Crippen molar-refractivity contribution in [2.75, 3.05) is 13.2 Å². The van der Waals surface area contributed by atoms with E-state index in [9.17, 15) is 4.79 Å². The molecule has 1 fully saturated rings. The van der Waals surface area contributed by atoms with Gasteiger partial charge in [-0.15, -0.1) is 0 Å². The van der Waals surface area contributed by atoms with E-state index in [0.29, 0.717) is 13.2 Å². The second kappa shape index (κ2) is 4.55.